The summed E-state index contributed by atoms with van der Waals surface area (Å²) in [5.41, 5.74) is 4.96. The fourth-order valence-electron chi connectivity index (χ4n) is 2.23. The van der Waals surface area contributed by atoms with Crippen LogP contribution < -0.4 is 11.1 Å². The molecule has 1 aliphatic heterocycles. The van der Waals surface area contributed by atoms with E-state index in [0.29, 0.717) is 13.1 Å². The van der Waals surface area contributed by atoms with E-state index in [-0.39, 0.29) is 18.2 Å². The number of nitrogens with two attached hydrogens (primary N) is 1. The number of likely N-dealkylation sites (tertiary alicyclic amines) is 1. The second-order valence-corrected chi connectivity index (χ2v) is 4.62. The minimum Gasteiger partial charge on any atom is -0.481 e. The second-order valence-electron chi connectivity index (χ2n) is 4.62. The summed E-state index contributed by atoms with van der Waals surface area (Å²) in [6.07, 6.45) is 1.67. The highest BCUT2D eigenvalue weighted by Crippen LogP contribution is 2.20. The summed E-state index contributed by atoms with van der Waals surface area (Å²) in [4.78, 5) is 34.9. The maximum Gasteiger partial charge on any atom is 0.312 e. The van der Waals surface area contributed by atoms with Gasteiger partial charge in [0, 0.05) is 19.5 Å². The molecule has 3 amide bonds. The first kappa shape index (κ1) is 14.3. The van der Waals surface area contributed by atoms with E-state index in [1.165, 1.54) is 0 Å². The van der Waals surface area contributed by atoms with Gasteiger partial charge in [-0.25, -0.2) is 4.79 Å². The lowest BCUT2D eigenvalue weighted by Crippen LogP contribution is -2.51. The fraction of sp³-hybridized carbons (Fsp3) is 0.727. The molecular weight excluding hydrogens is 238 g/mol. The van der Waals surface area contributed by atoms with Gasteiger partial charge in [0.15, 0.2) is 0 Å². The summed E-state index contributed by atoms with van der Waals surface area (Å²) in [6, 6.07) is -1.42. The Labute approximate surface area is 105 Å². The van der Waals surface area contributed by atoms with Crippen LogP contribution in [0.2, 0.25) is 0 Å². The molecular formula is C11H19N3O4. The SMILES string of the molecule is CC(NC(N)=O)C(=O)N1CCCC(CC(=O)O)C1. The van der Waals surface area contributed by atoms with Crippen LogP contribution in [0.15, 0.2) is 0 Å². The summed E-state index contributed by atoms with van der Waals surface area (Å²) < 4.78 is 0. The van der Waals surface area contributed by atoms with Crippen molar-refractivity contribution in [2.75, 3.05) is 13.1 Å². The first-order valence-electron chi connectivity index (χ1n) is 5.96. The number of carbonyl (C=O) groups excluding carboxylic acids is 2. The summed E-state index contributed by atoms with van der Waals surface area (Å²) in [5, 5.41) is 11.1. The van der Waals surface area contributed by atoms with Gasteiger partial charge >= 0.3 is 12.0 Å². The number of hydrogen-bond donors (Lipinski definition) is 3. The van der Waals surface area contributed by atoms with Crippen molar-refractivity contribution in [3.63, 3.8) is 0 Å². The highest BCUT2D eigenvalue weighted by atomic mass is 16.4. The van der Waals surface area contributed by atoms with Crippen molar-refractivity contribution in [3.8, 4) is 0 Å². The van der Waals surface area contributed by atoms with Crippen LogP contribution in [-0.2, 0) is 9.59 Å². The standard InChI is InChI=1S/C11H19N3O4/c1-7(13-11(12)18)10(17)14-4-2-3-8(6-14)5-9(15)16/h7-8H,2-6H2,1H3,(H,15,16)(H3,12,13,18). The first-order chi connectivity index (χ1) is 8.40. The minimum absolute atomic E-state index is 0.0130. The Balaban J connectivity index is 2.52. The summed E-state index contributed by atoms with van der Waals surface area (Å²) >= 11 is 0. The highest BCUT2D eigenvalue weighted by Gasteiger charge is 2.28. The number of urea groups is 1. The molecule has 2 unspecified atom stereocenters. The van der Waals surface area contributed by atoms with Crippen LogP contribution >= 0.6 is 0 Å². The fourth-order valence-corrected chi connectivity index (χ4v) is 2.23. The number of carboxylic acids is 1. The molecule has 2 atom stereocenters. The summed E-state index contributed by atoms with van der Waals surface area (Å²) in [7, 11) is 0. The van der Waals surface area contributed by atoms with Crippen LogP contribution in [-0.4, -0.2) is 47.0 Å². The highest BCUT2D eigenvalue weighted by molar-refractivity contribution is 5.86. The third-order valence-corrected chi connectivity index (χ3v) is 3.02. The molecule has 7 heteroatoms. The number of primary amides is 1. The van der Waals surface area contributed by atoms with E-state index < -0.39 is 18.0 Å². The number of amides is 3. The second kappa shape index (κ2) is 6.23. The Morgan fingerprint density at radius 2 is 2.17 bits per heavy atom. The molecule has 18 heavy (non-hydrogen) atoms. The van der Waals surface area contributed by atoms with Gasteiger partial charge in [0.05, 0.1) is 0 Å². The number of nitrogens with zero attached hydrogens (tertiary/aromatic N) is 1. The van der Waals surface area contributed by atoms with Crippen molar-refractivity contribution in [1.82, 2.24) is 10.2 Å². The van der Waals surface area contributed by atoms with Crippen LogP contribution in [0.5, 0.6) is 0 Å². The van der Waals surface area contributed by atoms with Gasteiger partial charge in [-0.3, -0.25) is 9.59 Å². The quantitative estimate of drug-likeness (QED) is 0.644. The molecule has 1 saturated heterocycles. The van der Waals surface area contributed by atoms with Crippen LogP contribution in [0.3, 0.4) is 0 Å². The molecule has 0 aromatic heterocycles. The Morgan fingerprint density at radius 1 is 1.50 bits per heavy atom. The molecule has 4 N–H and O–H groups in total. The van der Waals surface area contributed by atoms with Crippen molar-refractivity contribution in [1.29, 1.82) is 0 Å². The van der Waals surface area contributed by atoms with Gasteiger partial charge < -0.3 is 21.1 Å². The van der Waals surface area contributed by atoms with Gasteiger partial charge in [-0.15, -0.1) is 0 Å². The lowest BCUT2D eigenvalue weighted by molar-refractivity contribution is -0.141. The molecule has 0 aromatic rings. The molecule has 1 aliphatic rings. The average molecular weight is 257 g/mol. The zero-order valence-corrected chi connectivity index (χ0v) is 10.4. The maximum absolute atomic E-state index is 12.0. The van der Waals surface area contributed by atoms with Gasteiger partial charge in [-0.2, -0.15) is 0 Å². The lowest BCUT2D eigenvalue weighted by Gasteiger charge is -2.33. The predicted octanol–water partition coefficient (Wildman–Crippen LogP) is -0.243. The van der Waals surface area contributed by atoms with E-state index in [1.807, 2.05) is 0 Å². The summed E-state index contributed by atoms with van der Waals surface area (Å²) in [5.74, 6) is -1.08. The molecule has 1 fully saturated rings. The zero-order chi connectivity index (χ0) is 13.7. The van der Waals surface area contributed by atoms with Crippen molar-refractivity contribution in [2.24, 2.45) is 11.7 Å². The Bertz CT molecular complexity index is 345. The molecule has 102 valence electrons. The van der Waals surface area contributed by atoms with E-state index in [0.717, 1.165) is 12.8 Å². The van der Waals surface area contributed by atoms with Gasteiger partial charge in [-0.1, -0.05) is 0 Å². The monoisotopic (exact) mass is 257 g/mol. The van der Waals surface area contributed by atoms with E-state index in [2.05, 4.69) is 5.32 Å². The number of carboxylic acid groups (broad SMARTS) is 1. The first-order valence-corrected chi connectivity index (χ1v) is 5.96. The maximum atomic E-state index is 12.0. The van der Waals surface area contributed by atoms with Gasteiger partial charge in [0.1, 0.15) is 6.04 Å². The smallest absolute Gasteiger partial charge is 0.312 e. The lowest BCUT2D eigenvalue weighted by atomic mass is 9.94. The predicted molar refractivity (Wildman–Crippen MR) is 63.7 cm³/mol. The molecule has 0 aromatic carbocycles. The molecule has 0 radical (unpaired) electrons. The van der Waals surface area contributed by atoms with Crippen LogP contribution in [0.1, 0.15) is 26.2 Å². The molecule has 0 saturated carbocycles. The van der Waals surface area contributed by atoms with Gasteiger partial charge in [0.2, 0.25) is 5.91 Å². The Kier molecular flexibility index (Phi) is 4.94. The van der Waals surface area contributed by atoms with Crippen LogP contribution in [0.25, 0.3) is 0 Å². The average Bonchev–Trinajstić information content (AvgIpc) is 2.26. The normalized spacial score (nSPS) is 21.2. The minimum atomic E-state index is -0.849. The summed E-state index contributed by atoms with van der Waals surface area (Å²) in [6.45, 7) is 2.59. The largest absolute Gasteiger partial charge is 0.481 e. The van der Waals surface area contributed by atoms with Crippen LogP contribution in [0.4, 0.5) is 4.79 Å². The number of rotatable bonds is 4. The molecule has 7 nitrogen and oxygen atoms in total. The number of carbonyl (C=O) groups is 3. The number of piperidine rings is 1. The van der Waals surface area contributed by atoms with Crippen molar-refractivity contribution < 1.29 is 19.5 Å². The number of aliphatic carboxylic acids is 1. The third kappa shape index (κ3) is 4.23. The molecule has 1 rings (SSSR count). The van der Waals surface area contributed by atoms with Gasteiger partial charge in [-0.05, 0) is 25.7 Å². The Hall–Kier alpha value is -1.79. The van der Waals surface area contributed by atoms with Crippen molar-refractivity contribution in [3.05, 3.63) is 0 Å². The number of nitrogens with one attached hydrogen (secondary N) is 1. The van der Waals surface area contributed by atoms with Crippen LogP contribution in [0, 0.1) is 5.92 Å². The van der Waals surface area contributed by atoms with E-state index in [4.69, 9.17) is 10.8 Å². The molecule has 0 bridgehead atoms. The molecule has 0 spiro atoms. The third-order valence-electron chi connectivity index (χ3n) is 3.02. The van der Waals surface area contributed by atoms with Crippen molar-refractivity contribution in [2.45, 2.75) is 32.2 Å². The van der Waals surface area contributed by atoms with E-state index in [9.17, 15) is 14.4 Å². The topological polar surface area (TPSA) is 113 Å². The zero-order valence-electron chi connectivity index (χ0n) is 10.4. The number of hydrogen-bond acceptors (Lipinski definition) is 3. The van der Waals surface area contributed by atoms with Crippen molar-refractivity contribution >= 4 is 17.9 Å². The molecule has 1 heterocycles. The van der Waals surface area contributed by atoms with E-state index in [1.54, 1.807) is 11.8 Å². The Morgan fingerprint density at radius 3 is 2.72 bits per heavy atom. The molecule has 0 aliphatic carbocycles. The van der Waals surface area contributed by atoms with Gasteiger partial charge in [0.25, 0.3) is 0 Å². The van der Waals surface area contributed by atoms with E-state index >= 15 is 0 Å².